The van der Waals surface area contributed by atoms with Gasteiger partial charge in [0.2, 0.25) is 0 Å². The number of aliphatic hydroxyl groups is 1. The Morgan fingerprint density at radius 3 is 2.33 bits per heavy atom. The molecule has 0 aromatic heterocycles. The highest BCUT2D eigenvalue weighted by atomic mass is 35.5. The normalized spacial score (nSPS) is 13.8. The number of carbonyl (C=O) groups is 1. The minimum atomic E-state index is -3.45. The molecule has 0 saturated heterocycles. The standard InChI is InChI=1S/C18H19Cl2NO5S/c1-21(18(23)24)10-14(11-6-7-15(19)16(20)9-11)17(22)12-4-3-5-13(8-12)27(2,25)26/h3-9,14,17,22H,10H2,1-2H3,(H,23,24). The second-order valence-electron chi connectivity index (χ2n) is 6.23. The number of amides is 1. The third-order valence-corrected chi connectivity index (χ3v) is 6.03. The Labute approximate surface area is 167 Å². The van der Waals surface area contributed by atoms with Crippen LogP contribution in [0.1, 0.15) is 23.1 Å². The highest BCUT2D eigenvalue weighted by Crippen LogP contribution is 2.35. The third-order valence-electron chi connectivity index (χ3n) is 4.18. The maximum absolute atomic E-state index is 11.8. The molecule has 0 bridgehead atoms. The van der Waals surface area contributed by atoms with E-state index in [0.29, 0.717) is 16.1 Å². The highest BCUT2D eigenvalue weighted by Gasteiger charge is 2.27. The van der Waals surface area contributed by atoms with Crippen LogP contribution < -0.4 is 0 Å². The van der Waals surface area contributed by atoms with Crippen LogP contribution in [-0.4, -0.2) is 49.5 Å². The number of sulfone groups is 1. The van der Waals surface area contributed by atoms with Crippen molar-refractivity contribution < 1.29 is 23.4 Å². The van der Waals surface area contributed by atoms with E-state index in [4.69, 9.17) is 23.2 Å². The van der Waals surface area contributed by atoms with Crippen molar-refractivity contribution in [3.05, 3.63) is 63.6 Å². The molecule has 2 rings (SSSR count). The Hall–Kier alpha value is -1.80. The van der Waals surface area contributed by atoms with Crippen LogP contribution in [-0.2, 0) is 9.84 Å². The SMILES string of the molecule is CN(CC(c1ccc(Cl)c(Cl)c1)C(O)c1cccc(S(C)(=O)=O)c1)C(=O)O. The number of likely N-dealkylation sites (N-methyl/N-ethyl adjacent to an activating group) is 1. The summed E-state index contributed by atoms with van der Waals surface area (Å²) in [6.07, 6.45) is -1.24. The fourth-order valence-corrected chi connectivity index (χ4v) is 3.65. The Morgan fingerprint density at radius 1 is 1.11 bits per heavy atom. The minimum Gasteiger partial charge on any atom is -0.465 e. The van der Waals surface area contributed by atoms with E-state index in [1.165, 1.54) is 25.2 Å². The van der Waals surface area contributed by atoms with Gasteiger partial charge in [-0.05, 0) is 35.4 Å². The molecule has 2 unspecified atom stereocenters. The molecule has 2 atom stereocenters. The minimum absolute atomic E-state index is 0.0302. The lowest BCUT2D eigenvalue weighted by Crippen LogP contribution is -2.32. The molecule has 0 saturated carbocycles. The zero-order chi connectivity index (χ0) is 20.4. The van der Waals surface area contributed by atoms with Gasteiger partial charge in [-0.2, -0.15) is 0 Å². The summed E-state index contributed by atoms with van der Waals surface area (Å²) in [7, 11) is -2.07. The van der Waals surface area contributed by atoms with E-state index >= 15 is 0 Å². The number of benzene rings is 2. The third kappa shape index (κ3) is 5.35. The Kier molecular flexibility index (Phi) is 6.75. The van der Waals surface area contributed by atoms with E-state index < -0.39 is 28.0 Å². The number of hydrogen-bond donors (Lipinski definition) is 2. The van der Waals surface area contributed by atoms with Crippen molar-refractivity contribution >= 4 is 39.1 Å². The van der Waals surface area contributed by atoms with Crippen LogP contribution in [0.4, 0.5) is 4.79 Å². The summed E-state index contributed by atoms with van der Waals surface area (Å²) in [5.74, 6) is -0.685. The van der Waals surface area contributed by atoms with E-state index in [2.05, 4.69) is 0 Å². The zero-order valence-electron chi connectivity index (χ0n) is 14.6. The molecule has 146 valence electrons. The van der Waals surface area contributed by atoms with Crippen LogP contribution in [0.25, 0.3) is 0 Å². The zero-order valence-corrected chi connectivity index (χ0v) is 17.0. The fourth-order valence-electron chi connectivity index (χ4n) is 2.67. The van der Waals surface area contributed by atoms with Gasteiger partial charge in [-0.25, -0.2) is 13.2 Å². The number of aliphatic hydroxyl groups excluding tert-OH is 1. The average molecular weight is 432 g/mol. The van der Waals surface area contributed by atoms with Gasteiger partial charge in [-0.3, -0.25) is 0 Å². The van der Waals surface area contributed by atoms with Crippen LogP contribution in [0.15, 0.2) is 47.4 Å². The molecule has 6 nitrogen and oxygen atoms in total. The summed E-state index contributed by atoms with van der Waals surface area (Å²) in [5.41, 5.74) is 0.933. The monoisotopic (exact) mass is 431 g/mol. The molecule has 1 amide bonds. The van der Waals surface area contributed by atoms with Crippen LogP contribution in [0.5, 0.6) is 0 Å². The van der Waals surface area contributed by atoms with Gasteiger partial charge in [-0.15, -0.1) is 0 Å². The smallest absolute Gasteiger partial charge is 0.407 e. The number of nitrogens with zero attached hydrogens (tertiary/aromatic N) is 1. The first kappa shape index (κ1) is 21.5. The molecule has 0 aliphatic heterocycles. The molecule has 0 fully saturated rings. The molecule has 2 aromatic carbocycles. The van der Waals surface area contributed by atoms with Crippen LogP contribution in [0.2, 0.25) is 10.0 Å². The predicted molar refractivity (Wildman–Crippen MR) is 104 cm³/mol. The molecular formula is C18H19Cl2NO5S. The molecular weight excluding hydrogens is 413 g/mol. The van der Waals surface area contributed by atoms with Crippen LogP contribution in [0.3, 0.4) is 0 Å². The molecule has 27 heavy (non-hydrogen) atoms. The molecule has 2 N–H and O–H groups in total. The number of halogens is 2. The molecule has 0 spiro atoms. The first-order valence-corrected chi connectivity index (χ1v) is 10.5. The number of rotatable bonds is 6. The largest absolute Gasteiger partial charge is 0.465 e. The number of carboxylic acid groups (broad SMARTS) is 1. The fraction of sp³-hybridized carbons (Fsp3) is 0.278. The maximum Gasteiger partial charge on any atom is 0.407 e. The lowest BCUT2D eigenvalue weighted by atomic mass is 9.88. The van der Waals surface area contributed by atoms with Gasteiger partial charge in [0.25, 0.3) is 0 Å². The van der Waals surface area contributed by atoms with Crippen molar-refractivity contribution in [3.63, 3.8) is 0 Å². The Balaban J connectivity index is 2.49. The van der Waals surface area contributed by atoms with E-state index in [-0.39, 0.29) is 16.5 Å². The predicted octanol–water partition coefficient (Wildman–Crippen LogP) is 3.82. The van der Waals surface area contributed by atoms with E-state index in [0.717, 1.165) is 11.2 Å². The van der Waals surface area contributed by atoms with Crippen molar-refractivity contribution in [3.8, 4) is 0 Å². The average Bonchev–Trinajstić information content (AvgIpc) is 2.60. The molecule has 0 aliphatic rings. The van der Waals surface area contributed by atoms with Gasteiger partial charge in [0, 0.05) is 25.8 Å². The van der Waals surface area contributed by atoms with Gasteiger partial charge < -0.3 is 15.1 Å². The second-order valence-corrected chi connectivity index (χ2v) is 9.06. The van der Waals surface area contributed by atoms with Gasteiger partial charge in [-0.1, -0.05) is 41.4 Å². The van der Waals surface area contributed by atoms with E-state index in [1.807, 2.05) is 0 Å². The van der Waals surface area contributed by atoms with Crippen LogP contribution >= 0.6 is 23.2 Å². The van der Waals surface area contributed by atoms with Gasteiger partial charge >= 0.3 is 6.09 Å². The lowest BCUT2D eigenvalue weighted by Gasteiger charge is -2.27. The molecule has 2 aromatic rings. The summed E-state index contributed by atoms with van der Waals surface area (Å²) in [5, 5.41) is 20.7. The first-order chi connectivity index (χ1) is 12.5. The van der Waals surface area contributed by atoms with Gasteiger partial charge in [0.05, 0.1) is 21.0 Å². The molecule has 0 aliphatic carbocycles. The summed E-state index contributed by atoms with van der Waals surface area (Å²) in [4.78, 5) is 12.4. The van der Waals surface area contributed by atoms with Gasteiger partial charge in [0.15, 0.2) is 9.84 Å². The van der Waals surface area contributed by atoms with Crippen molar-refractivity contribution in [2.45, 2.75) is 16.9 Å². The topological polar surface area (TPSA) is 94.9 Å². The lowest BCUT2D eigenvalue weighted by molar-refractivity contribution is 0.113. The van der Waals surface area contributed by atoms with Gasteiger partial charge in [0.1, 0.15) is 0 Å². The highest BCUT2D eigenvalue weighted by molar-refractivity contribution is 7.90. The molecule has 0 radical (unpaired) electrons. The van der Waals surface area contributed by atoms with E-state index in [9.17, 15) is 23.4 Å². The van der Waals surface area contributed by atoms with Crippen molar-refractivity contribution in [2.24, 2.45) is 0 Å². The van der Waals surface area contributed by atoms with Crippen molar-refractivity contribution in [2.75, 3.05) is 19.8 Å². The van der Waals surface area contributed by atoms with Crippen LogP contribution in [0, 0.1) is 0 Å². The van der Waals surface area contributed by atoms with Crippen molar-refractivity contribution in [1.82, 2.24) is 4.90 Å². The van der Waals surface area contributed by atoms with Crippen molar-refractivity contribution in [1.29, 1.82) is 0 Å². The first-order valence-electron chi connectivity index (χ1n) is 7.87. The summed E-state index contributed by atoms with van der Waals surface area (Å²) < 4.78 is 23.6. The number of hydrogen-bond acceptors (Lipinski definition) is 4. The summed E-state index contributed by atoms with van der Waals surface area (Å²) in [6.45, 7) is -0.0302. The Bertz CT molecular complexity index is 949. The second kappa shape index (κ2) is 8.48. The maximum atomic E-state index is 11.8. The summed E-state index contributed by atoms with van der Waals surface area (Å²) in [6, 6.07) is 10.7. The molecule has 0 heterocycles. The Morgan fingerprint density at radius 2 is 1.78 bits per heavy atom. The summed E-state index contributed by atoms with van der Waals surface area (Å²) >= 11 is 12.0. The molecule has 9 heteroatoms. The van der Waals surface area contributed by atoms with E-state index in [1.54, 1.807) is 24.3 Å². The quantitative estimate of drug-likeness (QED) is 0.724.